The van der Waals surface area contributed by atoms with Crippen LogP contribution in [0.25, 0.3) is 6.08 Å². The molecule has 6 heteroatoms. The molecular weight excluding hydrogens is 296 g/mol. The topological polar surface area (TPSA) is 81.9 Å². The van der Waals surface area contributed by atoms with E-state index in [0.29, 0.717) is 24.7 Å². The molecule has 0 radical (unpaired) electrons. The smallest absolute Gasteiger partial charge is 0.247 e. The molecule has 0 saturated heterocycles. The van der Waals surface area contributed by atoms with Gasteiger partial charge >= 0.3 is 0 Å². The van der Waals surface area contributed by atoms with Crippen molar-refractivity contribution in [1.82, 2.24) is 4.90 Å². The van der Waals surface area contributed by atoms with Crippen LogP contribution < -0.4 is 15.2 Å². The standard InChI is InChI=1S/C17H22N2O4/c1-4-10-23-14-8-6-13(11-15(14)22-3)7-9-17(21)19(5-2)12-16(18)20/h4,6-9,11H,1,5,10,12H2,2-3H3,(H2,18,20)/b9-7+. The molecule has 0 fully saturated rings. The fourth-order valence-corrected chi connectivity index (χ4v) is 1.86. The Labute approximate surface area is 136 Å². The van der Waals surface area contributed by atoms with Gasteiger partial charge in [0.1, 0.15) is 6.61 Å². The van der Waals surface area contributed by atoms with Gasteiger partial charge < -0.3 is 20.1 Å². The highest BCUT2D eigenvalue weighted by Gasteiger charge is 2.11. The van der Waals surface area contributed by atoms with Gasteiger partial charge in [-0.05, 0) is 30.7 Å². The zero-order chi connectivity index (χ0) is 17.2. The number of nitrogens with zero attached hydrogens (tertiary/aromatic N) is 1. The molecule has 1 rings (SSSR count). The van der Waals surface area contributed by atoms with Crippen molar-refractivity contribution in [2.24, 2.45) is 5.73 Å². The van der Waals surface area contributed by atoms with Gasteiger partial charge in [0.05, 0.1) is 13.7 Å². The van der Waals surface area contributed by atoms with Gasteiger partial charge in [0, 0.05) is 12.6 Å². The maximum atomic E-state index is 12.0. The second kappa shape index (κ2) is 9.30. The van der Waals surface area contributed by atoms with Crippen molar-refractivity contribution in [3.8, 4) is 11.5 Å². The number of ether oxygens (including phenoxy) is 2. The third kappa shape index (κ3) is 5.86. The average molecular weight is 318 g/mol. The molecule has 0 spiro atoms. The molecule has 6 nitrogen and oxygen atoms in total. The minimum atomic E-state index is -0.543. The molecule has 0 saturated carbocycles. The quantitative estimate of drug-likeness (QED) is 0.554. The van der Waals surface area contributed by atoms with Crippen LogP contribution in [-0.4, -0.2) is 43.5 Å². The summed E-state index contributed by atoms with van der Waals surface area (Å²) in [5.41, 5.74) is 5.89. The van der Waals surface area contributed by atoms with E-state index in [9.17, 15) is 9.59 Å². The molecule has 0 aliphatic rings. The number of rotatable bonds is 9. The molecule has 2 amide bonds. The predicted molar refractivity (Wildman–Crippen MR) is 89.2 cm³/mol. The number of hydrogen-bond acceptors (Lipinski definition) is 4. The van der Waals surface area contributed by atoms with Crippen LogP contribution >= 0.6 is 0 Å². The molecule has 1 aromatic carbocycles. The Balaban J connectivity index is 2.84. The third-order valence-electron chi connectivity index (χ3n) is 3.00. The summed E-state index contributed by atoms with van der Waals surface area (Å²) < 4.78 is 10.7. The number of carbonyl (C=O) groups excluding carboxylic acids is 2. The molecule has 0 heterocycles. The lowest BCUT2D eigenvalue weighted by Crippen LogP contribution is -2.37. The van der Waals surface area contributed by atoms with E-state index in [0.717, 1.165) is 5.56 Å². The lowest BCUT2D eigenvalue weighted by molar-refractivity contribution is -0.130. The molecule has 0 bridgehead atoms. The first-order valence-corrected chi connectivity index (χ1v) is 7.18. The van der Waals surface area contributed by atoms with Crippen molar-refractivity contribution in [2.45, 2.75) is 6.92 Å². The number of hydrogen-bond donors (Lipinski definition) is 1. The van der Waals surface area contributed by atoms with Crippen molar-refractivity contribution in [1.29, 1.82) is 0 Å². The van der Waals surface area contributed by atoms with E-state index in [1.807, 2.05) is 0 Å². The number of benzene rings is 1. The number of primary amides is 1. The van der Waals surface area contributed by atoms with Crippen LogP contribution in [0, 0.1) is 0 Å². The van der Waals surface area contributed by atoms with E-state index in [4.69, 9.17) is 15.2 Å². The second-order valence-corrected chi connectivity index (χ2v) is 4.66. The first-order chi connectivity index (χ1) is 11.0. The van der Waals surface area contributed by atoms with Crippen molar-refractivity contribution < 1.29 is 19.1 Å². The summed E-state index contributed by atoms with van der Waals surface area (Å²) in [4.78, 5) is 24.3. The first kappa shape index (κ1) is 18.3. The van der Waals surface area contributed by atoms with Crippen LogP contribution in [0.2, 0.25) is 0 Å². The number of nitrogens with two attached hydrogens (primary N) is 1. The normalized spacial score (nSPS) is 10.3. The van der Waals surface area contributed by atoms with Crippen molar-refractivity contribution >= 4 is 17.9 Å². The lowest BCUT2D eigenvalue weighted by atomic mass is 10.2. The van der Waals surface area contributed by atoms with E-state index in [2.05, 4.69) is 6.58 Å². The minimum absolute atomic E-state index is 0.0999. The highest BCUT2D eigenvalue weighted by molar-refractivity contribution is 5.94. The number of methoxy groups -OCH3 is 1. The zero-order valence-corrected chi connectivity index (χ0v) is 13.5. The molecule has 0 aliphatic heterocycles. The van der Waals surface area contributed by atoms with E-state index in [1.165, 1.54) is 11.0 Å². The Hall–Kier alpha value is -2.76. The van der Waals surface area contributed by atoms with Gasteiger partial charge in [-0.1, -0.05) is 18.7 Å². The molecule has 0 aromatic heterocycles. The van der Waals surface area contributed by atoms with Gasteiger partial charge in [-0.25, -0.2) is 0 Å². The Morgan fingerprint density at radius 3 is 2.65 bits per heavy atom. The van der Waals surface area contributed by atoms with E-state index in [-0.39, 0.29) is 12.5 Å². The Kier molecular flexibility index (Phi) is 7.39. The Morgan fingerprint density at radius 1 is 1.35 bits per heavy atom. The summed E-state index contributed by atoms with van der Waals surface area (Å²) in [6, 6.07) is 5.31. The minimum Gasteiger partial charge on any atom is -0.493 e. The van der Waals surface area contributed by atoms with Gasteiger partial charge in [0.25, 0.3) is 0 Å². The van der Waals surface area contributed by atoms with E-state index >= 15 is 0 Å². The maximum Gasteiger partial charge on any atom is 0.247 e. The summed E-state index contributed by atoms with van der Waals surface area (Å²) in [6.07, 6.45) is 4.68. The van der Waals surface area contributed by atoms with Crippen LogP contribution in [-0.2, 0) is 9.59 Å². The summed E-state index contributed by atoms with van der Waals surface area (Å²) in [5.74, 6) is 0.335. The number of carbonyl (C=O) groups is 2. The average Bonchev–Trinajstić information content (AvgIpc) is 2.55. The lowest BCUT2D eigenvalue weighted by Gasteiger charge is -2.16. The molecule has 0 atom stereocenters. The van der Waals surface area contributed by atoms with Crippen LogP contribution in [0.15, 0.2) is 36.9 Å². The summed E-state index contributed by atoms with van der Waals surface area (Å²) in [7, 11) is 1.54. The highest BCUT2D eigenvalue weighted by atomic mass is 16.5. The summed E-state index contributed by atoms with van der Waals surface area (Å²) >= 11 is 0. The highest BCUT2D eigenvalue weighted by Crippen LogP contribution is 2.28. The van der Waals surface area contributed by atoms with Gasteiger partial charge in [-0.2, -0.15) is 0 Å². The Morgan fingerprint density at radius 2 is 2.09 bits per heavy atom. The zero-order valence-electron chi connectivity index (χ0n) is 13.5. The molecule has 2 N–H and O–H groups in total. The summed E-state index contributed by atoms with van der Waals surface area (Å²) in [5, 5.41) is 0. The molecule has 1 aromatic rings. The van der Waals surface area contributed by atoms with Gasteiger partial charge in [-0.15, -0.1) is 0 Å². The SMILES string of the molecule is C=CCOc1ccc(/C=C/C(=O)N(CC)CC(N)=O)cc1OC. The van der Waals surface area contributed by atoms with Gasteiger partial charge in [0.15, 0.2) is 11.5 Å². The predicted octanol–water partition coefficient (Wildman–Crippen LogP) is 1.61. The summed E-state index contributed by atoms with van der Waals surface area (Å²) in [6.45, 7) is 6.06. The largest absolute Gasteiger partial charge is 0.493 e. The van der Waals surface area contributed by atoms with Crippen LogP contribution in [0.5, 0.6) is 11.5 Å². The molecule has 0 unspecified atom stereocenters. The molecule has 0 aliphatic carbocycles. The van der Waals surface area contributed by atoms with Crippen molar-refractivity contribution in [3.05, 3.63) is 42.5 Å². The Bertz CT molecular complexity index is 596. The van der Waals surface area contributed by atoms with E-state index < -0.39 is 5.91 Å². The van der Waals surface area contributed by atoms with Crippen molar-refractivity contribution in [3.63, 3.8) is 0 Å². The molecule has 124 valence electrons. The van der Waals surface area contributed by atoms with Crippen LogP contribution in [0.1, 0.15) is 12.5 Å². The van der Waals surface area contributed by atoms with Gasteiger partial charge in [0.2, 0.25) is 11.8 Å². The molecule has 23 heavy (non-hydrogen) atoms. The first-order valence-electron chi connectivity index (χ1n) is 7.18. The maximum absolute atomic E-state index is 12.0. The van der Waals surface area contributed by atoms with Crippen LogP contribution in [0.3, 0.4) is 0 Å². The molecular formula is C17H22N2O4. The van der Waals surface area contributed by atoms with E-state index in [1.54, 1.807) is 44.4 Å². The van der Waals surface area contributed by atoms with Crippen LogP contribution in [0.4, 0.5) is 0 Å². The second-order valence-electron chi connectivity index (χ2n) is 4.66. The van der Waals surface area contributed by atoms with Gasteiger partial charge in [-0.3, -0.25) is 9.59 Å². The number of likely N-dealkylation sites (N-methyl/N-ethyl adjacent to an activating group) is 1. The fraction of sp³-hybridized carbons (Fsp3) is 0.294. The monoisotopic (exact) mass is 318 g/mol. The fourth-order valence-electron chi connectivity index (χ4n) is 1.86. The third-order valence-corrected chi connectivity index (χ3v) is 3.00. The van der Waals surface area contributed by atoms with Crippen molar-refractivity contribution in [2.75, 3.05) is 26.8 Å². The number of amides is 2.